The van der Waals surface area contributed by atoms with Crippen molar-refractivity contribution in [1.82, 2.24) is 10.3 Å². The lowest BCUT2D eigenvalue weighted by molar-refractivity contribution is -0.114. The number of thiazole rings is 1. The van der Waals surface area contributed by atoms with E-state index >= 15 is 0 Å². The van der Waals surface area contributed by atoms with Crippen molar-refractivity contribution < 1.29 is 23.9 Å². The number of nitrogens with one attached hydrogen (secondary N) is 3. The zero-order chi connectivity index (χ0) is 33.2. The van der Waals surface area contributed by atoms with Gasteiger partial charge in [0.2, 0.25) is 5.91 Å². The maximum Gasteiger partial charge on any atom is 0.272 e. The minimum absolute atomic E-state index is 0.107. The van der Waals surface area contributed by atoms with E-state index in [2.05, 4.69) is 20.9 Å². The largest absolute Gasteiger partial charge is 0.493 e. The molecule has 9 nitrogen and oxygen atoms in total. The highest BCUT2D eigenvalue weighted by atomic mass is 32.2. The number of anilines is 2. The fourth-order valence-corrected chi connectivity index (χ4v) is 5.90. The van der Waals surface area contributed by atoms with Crippen LogP contribution in [0, 0.1) is 6.92 Å². The van der Waals surface area contributed by atoms with Crippen LogP contribution < -0.4 is 25.4 Å². The molecule has 5 aromatic rings. The molecule has 0 bridgehead atoms. The van der Waals surface area contributed by atoms with Gasteiger partial charge in [0.25, 0.3) is 11.8 Å². The number of aromatic nitrogens is 1. The summed E-state index contributed by atoms with van der Waals surface area (Å²) in [6.07, 6.45) is 1.64. The molecule has 0 atom stereocenters. The molecule has 0 aliphatic rings. The number of methoxy groups -OCH3 is 2. The Labute approximate surface area is 281 Å². The van der Waals surface area contributed by atoms with Crippen molar-refractivity contribution >= 4 is 57.7 Å². The molecule has 0 unspecified atom stereocenters. The van der Waals surface area contributed by atoms with Gasteiger partial charge < -0.3 is 25.4 Å². The summed E-state index contributed by atoms with van der Waals surface area (Å²) in [6.45, 7) is 1.96. The molecule has 3 amide bonds. The standard InChI is InChI=1S/C36H32N4O5S2/c1-23-8-7-9-24(18-23)19-29(38-34(42)25-10-5-4-6-11-25)35(43)37-27-13-15-28(16-14-27)46-22-33(41)40-36-39-30(21-47-36)26-12-17-31(44-2)32(20-26)45-3/h4-21H,22H2,1-3H3,(H,37,43)(H,38,42)(H,39,40,41)/b29-19-. The number of aryl methyl sites for hydroxylation is 1. The molecule has 0 aliphatic heterocycles. The number of nitrogens with zero attached hydrogens (tertiary/aromatic N) is 1. The number of thioether (sulfide) groups is 1. The van der Waals surface area contributed by atoms with Crippen LogP contribution in [-0.4, -0.2) is 42.7 Å². The summed E-state index contributed by atoms with van der Waals surface area (Å²) in [7, 11) is 3.15. The molecule has 0 saturated heterocycles. The number of amides is 3. The van der Waals surface area contributed by atoms with Gasteiger partial charge in [-0.3, -0.25) is 14.4 Å². The Morgan fingerprint density at radius 3 is 2.34 bits per heavy atom. The SMILES string of the molecule is COc1ccc(-c2csc(NC(=O)CSc3ccc(NC(=O)/C(=C/c4cccc(C)c4)NC(=O)c4ccccc4)cc3)n2)cc1OC. The number of carbonyl (C=O) groups excluding carboxylic acids is 3. The number of hydrogen-bond acceptors (Lipinski definition) is 8. The first-order chi connectivity index (χ1) is 22.8. The number of carbonyl (C=O) groups is 3. The summed E-state index contributed by atoms with van der Waals surface area (Å²) in [5.74, 6) is 0.345. The molecule has 3 N–H and O–H groups in total. The number of rotatable bonds is 12. The lowest BCUT2D eigenvalue weighted by Crippen LogP contribution is -2.30. The summed E-state index contributed by atoms with van der Waals surface area (Å²) < 4.78 is 10.7. The van der Waals surface area contributed by atoms with Crippen molar-refractivity contribution in [2.75, 3.05) is 30.6 Å². The average molecular weight is 665 g/mol. The van der Waals surface area contributed by atoms with Crippen molar-refractivity contribution in [3.8, 4) is 22.8 Å². The zero-order valence-corrected chi connectivity index (χ0v) is 27.5. The summed E-state index contributed by atoms with van der Waals surface area (Å²) >= 11 is 2.69. The van der Waals surface area contributed by atoms with Gasteiger partial charge in [0.05, 0.1) is 25.7 Å². The normalized spacial score (nSPS) is 11.0. The van der Waals surface area contributed by atoms with Gasteiger partial charge in [0, 0.05) is 27.1 Å². The first-order valence-corrected chi connectivity index (χ1v) is 16.3. The second kappa shape index (κ2) is 15.7. The van der Waals surface area contributed by atoms with Crippen LogP contribution >= 0.6 is 23.1 Å². The quantitative estimate of drug-likeness (QED) is 0.0948. The summed E-state index contributed by atoms with van der Waals surface area (Å²) in [6, 6.07) is 29.0. The van der Waals surface area contributed by atoms with E-state index in [9.17, 15) is 14.4 Å². The fourth-order valence-electron chi connectivity index (χ4n) is 4.47. The van der Waals surface area contributed by atoms with E-state index in [0.29, 0.717) is 33.6 Å². The Bertz CT molecular complexity index is 1910. The highest BCUT2D eigenvalue weighted by Gasteiger charge is 2.16. The van der Waals surface area contributed by atoms with E-state index in [-0.39, 0.29) is 23.3 Å². The average Bonchev–Trinajstić information content (AvgIpc) is 3.56. The van der Waals surface area contributed by atoms with E-state index in [1.807, 2.05) is 73.0 Å². The monoisotopic (exact) mass is 664 g/mol. The lowest BCUT2D eigenvalue weighted by atomic mass is 10.1. The predicted molar refractivity (Wildman–Crippen MR) is 188 cm³/mol. The van der Waals surface area contributed by atoms with E-state index < -0.39 is 5.91 Å². The molecule has 0 saturated carbocycles. The maximum absolute atomic E-state index is 13.3. The second-order valence-electron chi connectivity index (χ2n) is 10.2. The van der Waals surface area contributed by atoms with Crippen molar-refractivity contribution in [2.45, 2.75) is 11.8 Å². The van der Waals surface area contributed by atoms with Crippen LogP contribution in [0.15, 0.2) is 113 Å². The molecule has 4 aromatic carbocycles. The van der Waals surface area contributed by atoms with Crippen LogP contribution in [0.4, 0.5) is 10.8 Å². The molecule has 47 heavy (non-hydrogen) atoms. The van der Waals surface area contributed by atoms with E-state index in [1.165, 1.54) is 23.1 Å². The van der Waals surface area contributed by atoms with Crippen LogP contribution in [0.25, 0.3) is 17.3 Å². The Kier molecular flexibility index (Phi) is 11.1. The minimum atomic E-state index is -0.466. The predicted octanol–water partition coefficient (Wildman–Crippen LogP) is 7.28. The molecular weight excluding hydrogens is 633 g/mol. The third-order valence-corrected chi connectivity index (χ3v) is 8.56. The minimum Gasteiger partial charge on any atom is -0.493 e. The van der Waals surface area contributed by atoms with E-state index in [0.717, 1.165) is 21.6 Å². The van der Waals surface area contributed by atoms with E-state index in [4.69, 9.17) is 9.47 Å². The summed E-state index contributed by atoms with van der Waals surface area (Å²) in [4.78, 5) is 44.3. The van der Waals surface area contributed by atoms with Gasteiger partial charge in [-0.25, -0.2) is 4.98 Å². The molecular formula is C36H32N4O5S2. The van der Waals surface area contributed by atoms with Gasteiger partial charge in [-0.15, -0.1) is 23.1 Å². The van der Waals surface area contributed by atoms with Crippen molar-refractivity contribution in [2.24, 2.45) is 0 Å². The van der Waals surface area contributed by atoms with Crippen LogP contribution in [0.1, 0.15) is 21.5 Å². The first kappa shape index (κ1) is 33.0. The number of benzene rings is 4. The molecule has 1 heterocycles. The van der Waals surface area contributed by atoms with E-state index in [1.54, 1.807) is 56.7 Å². The summed E-state index contributed by atoms with van der Waals surface area (Å²) in [5, 5.41) is 10.8. The number of hydrogen-bond donors (Lipinski definition) is 3. The van der Waals surface area contributed by atoms with Gasteiger partial charge >= 0.3 is 0 Å². The van der Waals surface area contributed by atoms with Crippen molar-refractivity contribution in [3.05, 3.63) is 125 Å². The van der Waals surface area contributed by atoms with Crippen LogP contribution in [0.5, 0.6) is 11.5 Å². The molecule has 0 spiro atoms. The highest BCUT2D eigenvalue weighted by molar-refractivity contribution is 8.00. The molecule has 11 heteroatoms. The highest BCUT2D eigenvalue weighted by Crippen LogP contribution is 2.33. The van der Waals surface area contributed by atoms with Crippen molar-refractivity contribution in [3.63, 3.8) is 0 Å². The Hall–Kier alpha value is -5.39. The fraction of sp³-hybridized carbons (Fsp3) is 0.111. The third-order valence-electron chi connectivity index (χ3n) is 6.79. The number of ether oxygens (including phenoxy) is 2. The smallest absolute Gasteiger partial charge is 0.272 e. The van der Waals surface area contributed by atoms with Gasteiger partial charge in [-0.2, -0.15) is 0 Å². The zero-order valence-electron chi connectivity index (χ0n) is 25.9. The van der Waals surface area contributed by atoms with Gasteiger partial charge in [0.15, 0.2) is 16.6 Å². The summed E-state index contributed by atoms with van der Waals surface area (Å²) in [5.41, 5.74) is 4.46. The molecule has 238 valence electrons. The van der Waals surface area contributed by atoms with Crippen molar-refractivity contribution in [1.29, 1.82) is 0 Å². The molecule has 0 radical (unpaired) electrons. The Balaban J connectivity index is 1.18. The van der Waals surface area contributed by atoms with Crippen LogP contribution in [0.3, 0.4) is 0 Å². The first-order valence-electron chi connectivity index (χ1n) is 14.5. The molecule has 0 aliphatic carbocycles. The second-order valence-corrected chi connectivity index (χ2v) is 12.1. The molecule has 1 aromatic heterocycles. The lowest BCUT2D eigenvalue weighted by Gasteiger charge is -2.12. The van der Waals surface area contributed by atoms with Crippen LogP contribution in [0.2, 0.25) is 0 Å². The van der Waals surface area contributed by atoms with Gasteiger partial charge in [0.1, 0.15) is 5.70 Å². The van der Waals surface area contributed by atoms with Gasteiger partial charge in [-0.1, -0.05) is 48.0 Å². The Morgan fingerprint density at radius 2 is 1.62 bits per heavy atom. The maximum atomic E-state index is 13.3. The topological polar surface area (TPSA) is 119 Å². The third kappa shape index (κ3) is 9.09. The Morgan fingerprint density at radius 1 is 0.851 bits per heavy atom. The molecule has 0 fully saturated rings. The van der Waals surface area contributed by atoms with Crippen LogP contribution in [-0.2, 0) is 9.59 Å². The molecule has 5 rings (SSSR count). The van der Waals surface area contributed by atoms with Gasteiger partial charge in [-0.05, 0) is 73.2 Å².